The zero-order valence-electron chi connectivity index (χ0n) is 37.5. The summed E-state index contributed by atoms with van der Waals surface area (Å²) in [4.78, 5) is 45.8. The summed E-state index contributed by atoms with van der Waals surface area (Å²) in [5.74, 6) is 0. The van der Waals surface area contributed by atoms with Crippen molar-refractivity contribution in [3.8, 4) is 0 Å². The quantitative estimate of drug-likeness (QED) is 0.0289. The fourth-order valence-corrected chi connectivity index (χ4v) is 8.27. The van der Waals surface area contributed by atoms with E-state index in [4.69, 9.17) is 28.4 Å². The smallest absolute Gasteiger partial charge is 0.410 e. The lowest BCUT2D eigenvalue weighted by Crippen LogP contribution is -2.73. The third kappa shape index (κ3) is 13.6. The zero-order valence-corrected chi connectivity index (χ0v) is 37.5. The van der Waals surface area contributed by atoms with Crippen LogP contribution >= 0.6 is 0 Å². The van der Waals surface area contributed by atoms with Crippen molar-refractivity contribution in [3.05, 3.63) is 190 Å². The van der Waals surface area contributed by atoms with Gasteiger partial charge in [-0.3, -0.25) is 4.90 Å². The van der Waals surface area contributed by atoms with Gasteiger partial charge in [-0.05, 0) is 53.1 Å². The number of hydrogen-bond donors (Lipinski definition) is 4. The van der Waals surface area contributed by atoms with Crippen LogP contribution in [0.2, 0.25) is 0 Å². The van der Waals surface area contributed by atoms with Crippen molar-refractivity contribution < 1.29 is 53.0 Å². The molecule has 0 bridgehead atoms. The molecule has 0 spiro atoms. The van der Waals surface area contributed by atoms with E-state index in [0.717, 1.165) is 16.7 Å². The van der Waals surface area contributed by atoms with E-state index in [1.807, 2.05) is 110 Å². The van der Waals surface area contributed by atoms with Gasteiger partial charge in [0.05, 0.1) is 36.9 Å². The van der Waals surface area contributed by atoms with Gasteiger partial charge in [-0.25, -0.2) is 14.4 Å². The monoisotopic (exact) mass is 928 g/mol. The van der Waals surface area contributed by atoms with Crippen molar-refractivity contribution in [1.29, 1.82) is 0 Å². The number of amides is 3. The van der Waals surface area contributed by atoms with Crippen molar-refractivity contribution in [2.75, 3.05) is 0 Å². The lowest BCUT2D eigenvalue weighted by atomic mass is 9.81. The maximum absolute atomic E-state index is 13.9. The minimum atomic E-state index is -1.83. The van der Waals surface area contributed by atoms with Crippen molar-refractivity contribution >= 4 is 18.3 Å². The number of benzene rings is 5. The van der Waals surface area contributed by atoms with Crippen LogP contribution in [0.5, 0.6) is 0 Å². The number of nitrogens with one attached hydrogen (secondary N) is 2. The summed E-state index contributed by atoms with van der Waals surface area (Å²) in [6.07, 6.45) is -10.5. The predicted molar refractivity (Wildman–Crippen MR) is 248 cm³/mol. The molecular formula is C51H56N6O11. The van der Waals surface area contributed by atoms with Gasteiger partial charge in [0, 0.05) is 11.5 Å². The van der Waals surface area contributed by atoms with Crippen LogP contribution in [0.25, 0.3) is 10.4 Å². The lowest BCUT2D eigenvalue weighted by molar-refractivity contribution is -0.272. The van der Waals surface area contributed by atoms with E-state index in [2.05, 4.69) is 20.7 Å². The van der Waals surface area contributed by atoms with E-state index in [9.17, 15) is 30.1 Å². The van der Waals surface area contributed by atoms with E-state index < -0.39 is 79.3 Å². The summed E-state index contributed by atoms with van der Waals surface area (Å²) in [6.45, 7) is 1.75. The second kappa shape index (κ2) is 24.7. The van der Waals surface area contributed by atoms with Gasteiger partial charge in [0.1, 0.15) is 44.2 Å². The second-order valence-corrected chi connectivity index (χ2v) is 16.6. The molecule has 17 nitrogen and oxygen atoms in total. The second-order valence-electron chi connectivity index (χ2n) is 16.6. The fraction of sp³-hybridized carbons (Fsp3) is 0.353. The Hall–Kier alpha value is -6.98. The minimum absolute atomic E-state index is 0.0338. The van der Waals surface area contributed by atoms with Crippen molar-refractivity contribution in [1.82, 2.24) is 15.5 Å². The molecule has 5 aromatic rings. The Morgan fingerprint density at radius 1 is 0.647 bits per heavy atom. The van der Waals surface area contributed by atoms with Crippen LogP contribution in [0.4, 0.5) is 14.4 Å². The summed E-state index contributed by atoms with van der Waals surface area (Å²) in [6, 6.07) is 41.4. The topological polar surface area (TPSA) is 223 Å². The molecule has 1 aliphatic carbocycles. The summed E-state index contributed by atoms with van der Waals surface area (Å²) < 4.78 is 36.7. The summed E-state index contributed by atoms with van der Waals surface area (Å²) in [7, 11) is 0. The van der Waals surface area contributed by atoms with Gasteiger partial charge in [-0.1, -0.05) is 157 Å². The van der Waals surface area contributed by atoms with Crippen molar-refractivity contribution in [3.63, 3.8) is 0 Å². The Morgan fingerprint density at radius 3 is 1.60 bits per heavy atom. The van der Waals surface area contributed by atoms with Crippen LogP contribution in [0.3, 0.4) is 0 Å². The van der Waals surface area contributed by atoms with Crippen LogP contribution in [0.15, 0.2) is 157 Å². The first-order valence-corrected chi connectivity index (χ1v) is 22.5. The van der Waals surface area contributed by atoms with Crippen molar-refractivity contribution in [2.24, 2.45) is 5.11 Å². The number of rotatable bonds is 18. The molecule has 1 unspecified atom stereocenters. The van der Waals surface area contributed by atoms with Gasteiger partial charge >= 0.3 is 18.3 Å². The lowest BCUT2D eigenvalue weighted by Gasteiger charge is -2.49. The number of ether oxygens (including phenoxy) is 6. The first-order chi connectivity index (χ1) is 33.2. The predicted octanol–water partition coefficient (Wildman–Crippen LogP) is 7.69. The number of azide groups is 1. The Bertz CT molecular complexity index is 2390. The van der Waals surface area contributed by atoms with E-state index in [0.29, 0.717) is 17.5 Å². The van der Waals surface area contributed by atoms with Crippen molar-refractivity contribution in [2.45, 2.75) is 114 Å². The molecule has 68 heavy (non-hydrogen) atoms. The highest BCUT2D eigenvalue weighted by atomic mass is 16.7. The number of carbonyl (C=O) groups is 3. The molecule has 356 valence electrons. The molecule has 7 rings (SSSR count). The third-order valence-electron chi connectivity index (χ3n) is 11.9. The minimum Gasteiger partial charge on any atom is -0.445 e. The van der Waals surface area contributed by atoms with Crippen LogP contribution in [-0.2, 0) is 61.4 Å². The average molecular weight is 929 g/mol. The number of alkyl carbamates (subject to hydrolysis) is 2. The molecule has 1 saturated carbocycles. The highest BCUT2D eigenvalue weighted by Gasteiger charge is 2.54. The molecule has 0 aromatic heterocycles. The fourth-order valence-electron chi connectivity index (χ4n) is 8.27. The van der Waals surface area contributed by atoms with E-state index in [1.54, 1.807) is 53.4 Å². The number of nitrogens with zero attached hydrogens (tertiary/aromatic N) is 4. The van der Waals surface area contributed by atoms with E-state index >= 15 is 0 Å². The first-order valence-electron chi connectivity index (χ1n) is 22.5. The highest BCUT2D eigenvalue weighted by Crippen LogP contribution is 2.34. The van der Waals surface area contributed by atoms with Gasteiger partial charge < -0.3 is 49.3 Å². The molecular weight excluding hydrogens is 873 g/mol. The van der Waals surface area contributed by atoms with E-state index in [-0.39, 0.29) is 39.4 Å². The Morgan fingerprint density at radius 2 is 1.10 bits per heavy atom. The zero-order chi connectivity index (χ0) is 47.7. The molecule has 5 aromatic carbocycles. The third-order valence-corrected chi connectivity index (χ3v) is 11.9. The van der Waals surface area contributed by atoms with Crippen LogP contribution in [0.1, 0.15) is 47.6 Å². The van der Waals surface area contributed by atoms with Gasteiger partial charge in [0.2, 0.25) is 0 Å². The Labute approximate surface area is 394 Å². The summed E-state index contributed by atoms with van der Waals surface area (Å²) in [5.41, 5.74) is 13.5. The average Bonchev–Trinajstić information content (AvgIpc) is 3.38. The number of aliphatic hydroxyl groups is 2. The summed E-state index contributed by atoms with van der Waals surface area (Å²) in [5, 5.41) is 33.5. The maximum atomic E-state index is 13.9. The SMILES string of the molecule is CC([C@@H]1CC[C@@H](N=[N+]=[N-])[C@@H](O[C@H]2[C@H](O)[C@@H](O)[C@H](NC(=O)OCc3ccccc3)[C@@H](OCc3ccccc3)[C@@H]2NC(=O)OCc2ccccc2)O1)N(Cc1ccccc1)C(=O)OCc1ccccc1. The van der Waals surface area contributed by atoms with Gasteiger partial charge in [0.25, 0.3) is 0 Å². The van der Waals surface area contributed by atoms with Gasteiger partial charge in [-0.2, -0.15) is 0 Å². The highest BCUT2D eigenvalue weighted by molar-refractivity contribution is 5.69. The Kier molecular flexibility index (Phi) is 17.8. The number of carbonyl (C=O) groups excluding carboxylic acids is 3. The molecule has 10 atom stereocenters. The standard InChI is InChI=1S/C51H56N6O11/c1-34(57(29-35-17-7-2-8-18-35)51(62)66-33-39-25-15-6-16-26-39)41-28-27-40(55-56-52)48(67-41)68-47-43(54-50(61)65-32-38-23-13-5-14-24-38)46(63-30-36-19-9-3-10-20-36)42(44(58)45(47)59)53-49(60)64-31-37-21-11-4-12-22-37/h2-26,34,40-48,58-59H,27-33H2,1H3,(H,53,60)(H,54,61)/t34?,40-,41+,42+,43+,44+,45-,46-,47-,48-/m1/s1. The largest absolute Gasteiger partial charge is 0.445 e. The molecule has 4 N–H and O–H groups in total. The molecule has 2 fully saturated rings. The first kappa shape index (κ1) is 48.9. The van der Waals surface area contributed by atoms with Gasteiger partial charge in [0.15, 0.2) is 6.29 Å². The molecule has 2 aliphatic rings. The number of hydrogen-bond acceptors (Lipinski definition) is 12. The molecule has 0 radical (unpaired) electrons. The van der Waals surface area contributed by atoms with E-state index in [1.165, 1.54) is 0 Å². The van der Waals surface area contributed by atoms with Crippen LogP contribution in [-0.4, -0.2) is 94.4 Å². The maximum Gasteiger partial charge on any atom is 0.410 e. The normalized spacial score (nSPS) is 23.7. The molecule has 1 heterocycles. The number of aliphatic hydroxyl groups excluding tert-OH is 2. The molecule has 1 aliphatic heterocycles. The Balaban J connectivity index is 1.17. The molecule has 17 heteroatoms. The molecule has 3 amide bonds. The van der Waals surface area contributed by atoms with Gasteiger partial charge in [-0.15, -0.1) is 0 Å². The van der Waals surface area contributed by atoms with Crippen LogP contribution in [0, 0.1) is 0 Å². The van der Waals surface area contributed by atoms with Crippen LogP contribution < -0.4 is 10.6 Å². The molecule has 1 saturated heterocycles. The summed E-state index contributed by atoms with van der Waals surface area (Å²) >= 11 is 0.